The fourth-order valence-corrected chi connectivity index (χ4v) is 4.00. The number of rotatable bonds is 9. The van der Waals surface area contributed by atoms with Crippen LogP contribution in [0.1, 0.15) is 19.8 Å². The van der Waals surface area contributed by atoms with Gasteiger partial charge < -0.3 is 15.4 Å². The zero-order valence-electron chi connectivity index (χ0n) is 15.1. The van der Waals surface area contributed by atoms with Crippen LogP contribution in [0, 0.1) is 10.1 Å². The van der Waals surface area contributed by atoms with Crippen molar-refractivity contribution in [2.45, 2.75) is 24.7 Å². The standard InChI is InChI=1S/C16H24N4O6S/c1-2-6-18-16(21)5-7-17-14-4-3-13(12-15(14)20(22)23)27(24,25)19-8-10-26-11-9-19/h3-4,12,17H,2,5-11H2,1H3,(H,18,21). The third kappa shape index (κ3) is 5.62. The molecule has 0 saturated carbocycles. The molecule has 1 saturated heterocycles. The molecule has 1 aromatic carbocycles. The minimum atomic E-state index is -3.82. The van der Waals surface area contributed by atoms with Crippen LogP contribution in [0.15, 0.2) is 23.1 Å². The molecule has 1 fully saturated rings. The second-order valence-corrected chi connectivity index (χ2v) is 7.92. The van der Waals surface area contributed by atoms with Crippen molar-refractivity contribution < 1.29 is 22.9 Å². The number of anilines is 1. The van der Waals surface area contributed by atoms with Crippen LogP contribution in [-0.4, -0.2) is 62.9 Å². The molecule has 10 nitrogen and oxygen atoms in total. The number of ether oxygens (including phenoxy) is 1. The first-order chi connectivity index (χ1) is 12.9. The average Bonchev–Trinajstić information content (AvgIpc) is 2.67. The van der Waals surface area contributed by atoms with Gasteiger partial charge in [-0.1, -0.05) is 6.92 Å². The smallest absolute Gasteiger partial charge is 0.293 e. The fourth-order valence-electron chi connectivity index (χ4n) is 2.57. The molecule has 27 heavy (non-hydrogen) atoms. The Labute approximate surface area is 158 Å². The summed E-state index contributed by atoms with van der Waals surface area (Å²) in [6, 6.07) is 3.73. The van der Waals surface area contributed by atoms with Crippen LogP contribution in [0.25, 0.3) is 0 Å². The van der Waals surface area contributed by atoms with Gasteiger partial charge in [-0.3, -0.25) is 14.9 Å². The topological polar surface area (TPSA) is 131 Å². The molecule has 0 radical (unpaired) electrons. The van der Waals surface area contributed by atoms with Crippen LogP contribution >= 0.6 is 0 Å². The largest absolute Gasteiger partial charge is 0.379 e. The van der Waals surface area contributed by atoms with Gasteiger partial charge in [-0.25, -0.2) is 8.42 Å². The number of morpholine rings is 1. The van der Waals surface area contributed by atoms with Gasteiger partial charge in [0.15, 0.2) is 0 Å². The number of nitrogens with zero attached hydrogens (tertiary/aromatic N) is 2. The molecule has 0 atom stereocenters. The van der Waals surface area contributed by atoms with E-state index in [-0.39, 0.29) is 48.2 Å². The van der Waals surface area contributed by atoms with E-state index in [4.69, 9.17) is 4.74 Å². The van der Waals surface area contributed by atoms with Gasteiger partial charge in [-0.15, -0.1) is 0 Å². The minimum absolute atomic E-state index is 0.137. The summed E-state index contributed by atoms with van der Waals surface area (Å²) < 4.78 is 31.7. The Morgan fingerprint density at radius 3 is 2.63 bits per heavy atom. The van der Waals surface area contributed by atoms with Gasteiger partial charge in [0.2, 0.25) is 15.9 Å². The number of nitro groups is 1. The highest BCUT2D eigenvalue weighted by molar-refractivity contribution is 7.89. The number of hydrogen-bond donors (Lipinski definition) is 2. The summed E-state index contributed by atoms with van der Waals surface area (Å²) in [5, 5.41) is 16.9. The lowest BCUT2D eigenvalue weighted by molar-refractivity contribution is -0.384. The van der Waals surface area contributed by atoms with Gasteiger partial charge in [0.1, 0.15) is 5.69 Å². The second-order valence-electron chi connectivity index (χ2n) is 5.98. The highest BCUT2D eigenvalue weighted by Crippen LogP contribution is 2.29. The van der Waals surface area contributed by atoms with E-state index in [0.29, 0.717) is 19.8 Å². The lowest BCUT2D eigenvalue weighted by atomic mass is 10.2. The van der Waals surface area contributed by atoms with E-state index in [1.54, 1.807) is 0 Å². The van der Waals surface area contributed by atoms with Gasteiger partial charge in [0.05, 0.1) is 23.0 Å². The third-order valence-corrected chi connectivity index (χ3v) is 5.91. The fraction of sp³-hybridized carbons (Fsp3) is 0.562. The molecular formula is C16H24N4O6S. The number of hydrogen-bond acceptors (Lipinski definition) is 7. The first-order valence-electron chi connectivity index (χ1n) is 8.73. The van der Waals surface area contributed by atoms with Gasteiger partial charge in [-0.05, 0) is 18.6 Å². The van der Waals surface area contributed by atoms with Gasteiger partial charge in [-0.2, -0.15) is 4.31 Å². The zero-order chi connectivity index (χ0) is 19.9. The van der Waals surface area contributed by atoms with E-state index in [0.717, 1.165) is 12.5 Å². The van der Waals surface area contributed by atoms with E-state index in [1.165, 1.54) is 16.4 Å². The molecule has 0 spiro atoms. The highest BCUT2D eigenvalue weighted by atomic mass is 32.2. The number of nitrogens with one attached hydrogen (secondary N) is 2. The molecule has 1 heterocycles. The molecule has 1 aromatic rings. The normalized spacial score (nSPS) is 15.3. The first kappa shape index (κ1) is 21.1. The maximum Gasteiger partial charge on any atom is 0.293 e. The summed E-state index contributed by atoms with van der Waals surface area (Å²) in [5.41, 5.74) is -0.178. The predicted octanol–water partition coefficient (Wildman–Crippen LogP) is 0.944. The molecule has 2 N–H and O–H groups in total. The third-order valence-electron chi connectivity index (χ3n) is 4.01. The molecule has 150 valence electrons. The molecule has 0 aliphatic carbocycles. The lowest BCUT2D eigenvalue weighted by Crippen LogP contribution is -2.40. The van der Waals surface area contributed by atoms with Crippen LogP contribution in [-0.2, 0) is 19.6 Å². The Hall–Kier alpha value is -2.24. The molecule has 2 rings (SSSR count). The number of carbonyl (C=O) groups excluding carboxylic acids is 1. The molecule has 0 bridgehead atoms. The van der Waals surface area contributed by atoms with Crippen molar-refractivity contribution >= 4 is 27.3 Å². The number of amides is 1. The van der Waals surface area contributed by atoms with Crippen LogP contribution in [0.5, 0.6) is 0 Å². The maximum atomic E-state index is 12.7. The van der Waals surface area contributed by atoms with Gasteiger partial charge >= 0.3 is 0 Å². The molecule has 11 heteroatoms. The number of carbonyl (C=O) groups is 1. The number of sulfonamides is 1. The zero-order valence-corrected chi connectivity index (χ0v) is 16.0. The van der Waals surface area contributed by atoms with Crippen LogP contribution in [0.3, 0.4) is 0 Å². The van der Waals surface area contributed by atoms with Crippen molar-refractivity contribution in [2.24, 2.45) is 0 Å². The quantitative estimate of drug-likeness (QED) is 0.466. The van der Waals surface area contributed by atoms with Crippen LogP contribution in [0.4, 0.5) is 11.4 Å². The van der Waals surface area contributed by atoms with E-state index >= 15 is 0 Å². The molecule has 1 aliphatic heterocycles. The van der Waals surface area contributed by atoms with Crippen molar-refractivity contribution in [1.29, 1.82) is 0 Å². The van der Waals surface area contributed by atoms with Crippen molar-refractivity contribution in [3.63, 3.8) is 0 Å². The summed E-state index contributed by atoms with van der Waals surface area (Å²) in [6.45, 7) is 3.72. The van der Waals surface area contributed by atoms with Crippen LogP contribution < -0.4 is 10.6 Å². The van der Waals surface area contributed by atoms with Gasteiger partial charge in [0, 0.05) is 38.7 Å². The Bertz CT molecular complexity index is 777. The summed E-state index contributed by atoms with van der Waals surface area (Å²) in [7, 11) is -3.82. The maximum absolute atomic E-state index is 12.7. The van der Waals surface area contributed by atoms with E-state index in [9.17, 15) is 23.3 Å². The number of nitro benzene ring substituents is 1. The van der Waals surface area contributed by atoms with E-state index in [2.05, 4.69) is 10.6 Å². The summed E-state index contributed by atoms with van der Waals surface area (Å²) in [4.78, 5) is 22.2. The summed E-state index contributed by atoms with van der Waals surface area (Å²) in [5.74, 6) is -0.154. The second kappa shape index (κ2) is 9.62. The molecule has 0 unspecified atom stereocenters. The van der Waals surface area contributed by atoms with E-state index in [1.807, 2.05) is 6.92 Å². The van der Waals surface area contributed by atoms with Crippen molar-refractivity contribution in [3.8, 4) is 0 Å². The average molecular weight is 400 g/mol. The molecular weight excluding hydrogens is 376 g/mol. The Morgan fingerprint density at radius 1 is 1.30 bits per heavy atom. The highest BCUT2D eigenvalue weighted by Gasteiger charge is 2.28. The molecule has 0 aromatic heterocycles. The van der Waals surface area contributed by atoms with Crippen molar-refractivity contribution in [3.05, 3.63) is 28.3 Å². The Morgan fingerprint density at radius 2 is 2.00 bits per heavy atom. The number of benzene rings is 1. The predicted molar refractivity (Wildman–Crippen MR) is 99.1 cm³/mol. The summed E-state index contributed by atoms with van der Waals surface area (Å²) >= 11 is 0. The first-order valence-corrected chi connectivity index (χ1v) is 10.2. The summed E-state index contributed by atoms with van der Waals surface area (Å²) in [6.07, 6.45) is 0.981. The Kier molecular flexibility index (Phi) is 7.51. The monoisotopic (exact) mass is 400 g/mol. The van der Waals surface area contributed by atoms with Crippen molar-refractivity contribution in [2.75, 3.05) is 44.7 Å². The lowest BCUT2D eigenvalue weighted by Gasteiger charge is -2.26. The van der Waals surface area contributed by atoms with Crippen molar-refractivity contribution in [1.82, 2.24) is 9.62 Å². The minimum Gasteiger partial charge on any atom is -0.379 e. The SMILES string of the molecule is CCCNC(=O)CCNc1ccc(S(=O)(=O)N2CCOCC2)cc1[N+](=O)[O-]. The van der Waals surface area contributed by atoms with Gasteiger partial charge in [0.25, 0.3) is 5.69 Å². The van der Waals surface area contributed by atoms with Crippen LogP contribution in [0.2, 0.25) is 0 Å². The molecule has 1 aliphatic rings. The van der Waals surface area contributed by atoms with E-state index < -0.39 is 14.9 Å². The Balaban J connectivity index is 2.12. The molecule has 1 amide bonds.